The molecule has 28 heavy (non-hydrogen) atoms. The predicted octanol–water partition coefficient (Wildman–Crippen LogP) is 6.59. The number of alkyl halides is 4. The van der Waals surface area contributed by atoms with Crippen molar-refractivity contribution in [2.24, 2.45) is 5.92 Å². The van der Waals surface area contributed by atoms with Gasteiger partial charge in [0.1, 0.15) is 5.69 Å². The van der Waals surface area contributed by atoms with Crippen molar-refractivity contribution >= 4 is 33.5 Å². The van der Waals surface area contributed by atoms with E-state index < -0.39 is 17.9 Å². The molecule has 7 heteroatoms. The van der Waals surface area contributed by atoms with E-state index >= 15 is 0 Å². The molecule has 3 aromatic rings. The molecule has 0 bridgehead atoms. The van der Waals surface area contributed by atoms with E-state index in [0.717, 1.165) is 52.6 Å². The predicted molar refractivity (Wildman–Crippen MR) is 113 cm³/mol. The maximum Gasteiger partial charge on any atom is 0.433 e. The number of hydrogen-bond donors (Lipinski definition) is 0. The molecule has 0 N–H and O–H groups in total. The van der Waals surface area contributed by atoms with Crippen molar-refractivity contribution in [3.05, 3.63) is 47.8 Å². The molecule has 2 aromatic heterocycles. The zero-order valence-electron chi connectivity index (χ0n) is 16.4. The van der Waals surface area contributed by atoms with Gasteiger partial charge in [-0.25, -0.2) is 4.98 Å². The first-order valence-corrected chi connectivity index (χ1v) is 10.8. The van der Waals surface area contributed by atoms with Gasteiger partial charge in [-0.15, -0.1) is 0 Å². The molecule has 0 unspecified atom stereocenters. The topological polar surface area (TPSA) is 30.7 Å². The monoisotopic (exact) mass is 500 g/mol. The Morgan fingerprint density at radius 1 is 1.21 bits per heavy atom. The fourth-order valence-corrected chi connectivity index (χ4v) is 4.63. The molecular formula is C21H21F3IN3. The highest BCUT2D eigenvalue weighted by Crippen LogP contribution is 2.35. The van der Waals surface area contributed by atoms with E-state index in [0.29, 0.717) is 11.5 Å². The number of pyridine rings is 1. The first-order chi connectivity index (χ1) is 13.7. The number of hydrogen-bond acceptors (Lipinski definition) is 2. The second-order valence-corrected chi connectivity index (χ2v) is 8.25. The van der Waals surface area contributed by atoms with Gasteiger partial charge in [0, 0.05) is 21.6 Å². The van der Waals surface area contributed by atoms with Crippen molar-refractivity contribution in [2.45, 2.75) is 44.8 Å². The molecule has 3 nitrogen and oxygen atoms in total. The molecule has 4 rings (SSSR count). The van der Waals surface area contributed by atoms with Crippen LogP contribution in [-0.2, 0) is 6.18 Å². The summed E-state index contributed by atoms with van der Waals surface area (Å²) >= 11 is 2.40. The molecule has 148 valence electrons. The van der Waals surface area contributed by atoms with Crippen LogP contribution < -0.4 is 0 Å². The van der Waals surface area contributed by atoms with Crippen LogP contribution >= 0.6 is 22.6 Å². The fourth-order valence-electron chi connectivity index (χ4n) is 3.75. The summed E-state index contributed by atoms with van der Waals surface area (Å²) in [6, 6.07) is 6.88. The minimum absolute atomic E-state index is 0.287. The van der Waals surface area contributed by atoms with E-state index in [4.69, 9.17) is 1.37 Å². The zero-order chi connectivity index (χ0) is 20.8. The summed E-state index contributed by atoms with van der Waals surface area (Å²) in [4.78, 5) is 3.82. The molecule has 0 saturated heterocycles. The van der Waals surface area contributed by atoms with Gasteiger partial charge >= 0.3 is 6.18 Å². The highest BCUT2D eigenvalue weighted by Gasteiger charge is 2.32. The number of aryl methyl sites for hydroxylation is 1. The number of aromatic nitrogens is 3. The van der Waals surface area contributed by atoms with E-state index in [1.807, 2.05) is 25.3 Å². The van der Waals surface area contributed by atoms with E-state index in [1.54, 1.807) is 10.7 Å². The summed E-state index contributed by atoms with van der Waals surface area (Å²) in [7, 11) is 0. The van der Waals surface area contributed by atoms with Crippen molar-refractivity contribution in [1.82, 2.24) is 14.8 Å². The molecular weight excluding hydrogens is 478 g/mol. The number of nitrogens with zero attached hydrogens (tertiary/aromatic N) is 3. The Morgan fingerprint density at radius 2 is 1.96 bits per heavy atom. The largest absolute Gasteiger partial charge is 0.433 e. The standard InChI is InChI=1S/C21H21F3IN3/c1-13-9-19-15(12-28(27-19)16-7-5-14(11-25)6-8-16)10-17(13)18-3-2-4-20(26-18)21(22,23)24/h2-4,9-10,12,14,16H,5-8,11H2,1H3/i16D. The third kappa shape index (κ3) is 3.90. The quantitative estimate of drug-likeness (QED) is 0.300. The smallest absolute Gasteiger partial charge is 0.268 e. The lowest BCUT2D eigenvalue weighted by Gasteiger charge is -2.27. The van der Waals surface area contributed by atoms with Crippen LogP contribution in [0.15, 0.2) is 36.5 Å². The summed E-state index contributed by atoms with van der Waals surface area (Å²) in [5, 5.41) is 5.45. The maximum absolute atomic E-state index is 13.0. The number of benzene rings is 1. The van der Waals surface area contributed by atoms with Gasteiger partial charge in [0.25, 0.3) is 0 Å². The SMILES string of the molecule is [2H]C1(n2cc3cc(-c4cccc(C(F)(F)F)n4)c(C)cc3n2)CCC(CI)CC1. The van der Waals surface area contributed by atoms with Crippen molar-refractivity contribution in [3.8, 4) is 11.3 Å². The van der Waals surface area contributed by atoms with E-state index in [1.165, 1.54) is 6.07 Å². The van der Waals surface area contributed by atoms with Crippen molar-refractivity contribution in [2.75, 3.05) is 4.43 Å². The van der Waals surface area contributed by atoms with Crippen LogP contribution in [0.1, 0.15) is 44.3 Å². The summed E-state index contributed by atoms with van der Waals surface area (Å²) in [5.74, 6) is 0.667. The molecule has 1 aliphatic rings. The molecule has 0 radical (unpaired) electrons. The van der Waals surface area contributed by atoms with Crippen molar-refractivity contribution < 1.29 is 14.5 Å². The molecule has 0 aliphatic heterocycles. The average molecular weight is 500 g/mol. The lowest BCUT2D eigenvalue weighted by Crippen LogP contribution is -2.19. The first-order valence-electron chi connectivity index (χ1n) is 9.81. The lowest BCUT2D eigenvalue weighted by atomic mass is 9.87. The summed E-state index contributed by atoms with van der Waals surface area (Å²) in [5.41, 5.74) is 1.59. The Labute approximate surface area is 176 Å². The van der Waals surface area contributed by atoms with Gasteiger partial charge in [-0.3, -0.25) is 4.68 Å². The van der Waals surface area contributed by atoms with Crippen LogP contribution in [0.3, 0.4) is 0 Å². The number of fused-ring (bicyclic) bond motifs is 1. The maximum atomic E-state index is 13.0. The third-order valence-electron chi connectivity index (χ3n) is 5.39. The van der Waals surface area contributed by atoms with E-state index in [2.05, 4.69) is 32.7 Å². The second-order valence-electron chi connectivity index (χ2n) is 7.37. The Morgan fingerprint density at radius 3 is 2.64 bits per heavy atom. The second kappa shape index (κ2) is 7.65. The molecule has 0 atom stereocenters. The van der Waals surface area contributed by atoms with Crippen LogP contribution in [0.25, 0.3) is 22.2 Å². The molecule has 1 saturated carbocycles. The highest BCUT2D eigenvalue weighted by atomic mass is 127. The van der Waals surface area contributed by atoms with Crippen LogP contribution in [0.2, 0.25) is 0 Å². The molecule has 1 aliphatic carbocycles. The fraction of sp³-hybridized carbons (Fsp3) is 0.429. The van der Waals surface area contributed by atoms with Gasteiger partial charge in [-0.05, 0) is 68.4 Å². The normalized spacial score (nSPS) is 23.8. The minimum atomic E-state index is -4.48. The number of rotatable bonds is 3. The average Bonchev–Trinajstić information content (AvgIpc) is 3.11. The van der Waals surface area contributed by atoms with E-state index in [-0.39, 0.29) is 5.69 Å². The summed E-state index contributed by atoms with van der Waals surface area (Å²) in [6.07, 6.45) is 0.921. The van der Waals surface area contributed by atoms with Gasteiger partial charge in [-0.2, -0.15) is 18.3 Å². The number of halogens is 4. The molecule has 1 fully saturated rings. The van der Waals surface area contributed by atoms with Crippen molar-refractivity contribution in [3.63, 3.8) is 0 Å². The van der Waals surface area contributed by atoms with Crippen LogP contribution in [0, 0.1) is 12.8 Å². The Balaban J connectivity index is 1.72. The Bertz CT molecular complexity index is 1040. The summed E-state index contributed by atoms with van der Waals surface area (Å²) < 4.78 is 50.9. The minimum Gasteiger partial charge on any atom is -0.268 e. The Hall–Kier alpha value is -1.64. The molecule has 1 aromatic carbocycles. The van der Waals surface area contributed by atoms with Crippen LogP contribution in [-0.4, -0.2) is 19.2 Å². The first kappa shape index (κ1) is 18.4. The Kier molecular flexibility index (Phi) is 5.02. The van der Waals surface area contributed by atoms with Gasteiger partial charge < -0.3 is 0 Å². The molecule has 0 spiro atoms. The van der Waals surface area contributed by atoms with Gasteiger partial charge in [-0.1, -0.05) is 28.7 Å². The summed E-state index contributed by atoms with van der Waals surface area (Å²) in [6.45, 7) is 1.85. The molecule has 2 heterocycles. The lowest BCUT2D eigenvalue weighted by molar-refractivity contribution is -0.141. The van der Waals surface area contributed by atoms with Gasteiger partial charge in [0.15, 0.2) is 0 Å². The van der Waals surface area contributed by atoms with Crippen LogP contribution in [0.4, 0.5) is 13.2 Å². The van der Waals surface area contributed by atoms with Gasteiger partial charge in [0.2, 0.25) is 0 Å². The van der Waals surface area contributed by atoms with Gasteiger partial charge in [0.05, 0.1) is 18.6 Å². The van der Waals surface area contributed by atoms with Crippen LogP contribution in [0.5, 0.6) is 0 Å². The van der Waals surface area contributed by atoms with E-state index in [9.17, 15) is 13.2 Å². The van der Waals surface area contributed by atoms with Crippen molar-refractivity contribution in [1.29, 1.82) is 0 Å². The highest BCUT2D eigenvalue weighted by molar-refractivity contribution is 14.1. The molecule has 0 amide bonds. The zero-order valence-corrected chi connectivity index (χ0v) is 17.6. The third-order valence-corrected chi connectivity index (χ3v) is 6.64.